The highest BCUT2D eigenvalue weighted by atomic mass is 35.5. The Labute approximate surface area is 166 Å². The molecule has 1 N–H and O–H groups in total. The normalized spacial score (nSPS) is 11.1. The molecule has 0 atom stereocenters. The second-order valence-corrected chi connectivity index (χ2v) is 6.86. The summed E-state index contributed by atoms with van der Waals surface area (Å²) in [6, 6.07) is 9.27. The summed E-state index contributed by atoms with van der Waals surface area (Å²) in [6.45, 7) is 1.91. The van der Waals surface area contributed by atoms with Gasteiger partial charge in [-0.3, -0.25) is 9.48 Å². The van der Waals surface area contributed by atoms with E-state index in [2.05, 4.69) is 20.4 Å². The number of hydrogen-bond donors (Lipinski definition) is 1. The van der Waals surface area contributed by atoms with Crippen molar-refractivity contribution in [2.24, 2.45) is 7.05 Å². The lowest BCUT2D eigenvalue weighted by atomic mass is 10.2. The van der Waals surface area contributed by atoms with Gasteiger partial charge in [0.1, 0.15) is 0 Å². The fourth-order valence-electron chi connectivity index (χ4n) is 3.03. The van der Waals surface area contributed by atoms with Gasteiger partial charge in [-0.2, -0.15) is 5.10 Å². The number of nitrogens with one attached hydrogen (secondary N) is 1. The van der Waals surface area contributed by atoms with E-state index < -0.39 is 0 Å². The SMILES string of the molecule is Cc1nn(C)c2ncc(NC(=O)CCc3ncc(-c4ccccc4Cl)o3)cc12. The minimum absolute atomic E-state index is 0.139. The highest BCUT2D eigenvalue weighted by Gasteiger charge is 2.12. The Bertz CT molecular complexity index is 1160. The van der Waals surface area contributed by atoms with Crippen molar-refractivity contribution >= 4 is 34.2 Å². The predicted molar refractivity (Wildman–Crippen MR) is 107 cm³/mol. The molecule has 4 aromatic rings. The predicted octanol–water partition coefficient (Wildman–Crippen LogP) is 4.16. The Morgan fingerprint density at radius 1 is 1.25 bits per heavy atom. The van der Waals surface area contributed by atoms with E-state index >= 15 is 0 Å². The molecule has 0 spiro atoms. The highest BCUT2D eigenvalue weighted by molar-refractivity contribution is 6.33. The lowest BCUT2D eigenvalue weighted by Gasteiger charge is -2.04. The van der Waals surface area contributed by atoms with Crippen molar-refractivity contribution in [3.63, 3.8) is 0 Å². The molecule has 0 fully saturated rings. The second-order valence-electron chi connectivity index (χ2n) is 6.45. The molecule has 1 aromatic carbocycles. The van der Waals surface area contributed by atoms with Crippen LogP contribution in [0.5, 0.6) is 0 Å². The molecule has 0 saturated heterocycles. The molecule has 0 bridgehead atoms. The first-order valence-electron chi connectivity index (χ1n) is 8.80. The van der Waals surface area contributed by atoms with Gasteiger partial charge in [0, 0.05) is 30.8 Å². The van der Waals surface area contributed by atoms with E-state index in [-0.39, 0.29) is 12.3 Å². The summed E-state index contributed by atoms with van der Waals surface area (Å²) in [4.78, 5) is 20.9. The first kappa shape index (κ1) is 18.2. The molecule has 4 rings (SSSR count). The Morgan fingerprint density at radius 3 is 2.89 bits per heavy atom. The molecule has 8 heteroatoms. The van der Waals surface area contributed by atoms with E-state index in [1.54, 1.807) is 23.1 Å². The number of amides is 1. The van der Waals surface area contributed by atoms with Gasteiger partial charge in [-0.15, -0.1) is 0 Å². The van der Waals surface area contributed by atoms with E-state index in [0.717, 1.165) is 22.3 Å². The average molecular weight is 396 g/mol. The van der Waals surface area contributed by atoms with Crippen LogP contribution in [-0.2, 0) is 18.3 Å². The molecule has 1 amide bonds. The molecule has 28 heavy (non-hydrogen) atoms. The molecule has 0 aliphatic carbocycles. The number of hydrogen-bond acceptors (Lipinski definition) is 5. The first-order chi connectivity index (χ1) is 13.5. The van der Waals surface area contributed by atoms with E-state index in [9.17, 15) is 4.79 Å². The number of rotatable bonds is 5. The number of carbonyl (C=O) groups excluding carboxylic acids is 1. The van der Waals surface area contributed by atoms with Crippen LogP contribution >= 0.6 is 11.6 Å². The smallest absolute Gasteiger partial charge is 0.224 e. The average Bonchev–Trinajstić information content (AvgIpc) is 3.25. The van der Waals surface area contributed by atoms with Gasteiger partial charge in [-0.25, -0.2) is 9.97 Å². The lowest BCUT2D eigenvalue weighted by molar-refractivity contribution is -0.116. The van der Waals surface area contributed by atoms with Gasteiger partial charge in [0.15, 0.2) is 17.3 Å². The third-order valence-corrected chi connectivity index (χ3v) is 4.74. The van der Waals surface area contributed by atoms with Gasteiger partial charge in [0.2, 0.25) is 5.91 Å². The van der Waals surface area contributed by atoms with Gasteiger partial charge in [-0.05, 0) is 25.1 Å². The molecule has 7 nitrogen and oxygen atoms in total. The maximum atomic E-state index is 12.3. The third-order valence-electron chi connectivity index (χ3n) is 4.41. The lowest BCUT2D eigenvalue weighted by Crippen LogP contribution is -2.12. The zero-order valence-corrected chi connectivity index (χ0v) is 16.2. The van der Waals surface area contributed by atoms with Crippen LogP contribution in [0, 0.1) is 6.92 Å². The quantitative estimate of drug-likeness (QED) is 0.548. The molecule has 3 heterocycles. The van der Waals surface area contributed by atoms with Crippen LogP contribution in [0.4, 0.5) is 5.69 Å². The molecule has 142 valence electrons. The second kappa shape index (κ2) is 7.44. The fraction of sp³-hybridized carbons (Fsp3) is 0.200. The first-order valence-corrected chi connectivity index (χ1v) is 9.18. The van der Waals surface area contributed by atoms with Crippen LogP contribution in [0.3, 0.4) is 0 Å². The topological polar surface area (TPSA) is 85.8 Å². The van der Waals surface area contributed by atoms with Crippen molar-refractivity contribution in [2.75, 3.05) is 5.32 Å². The number of oxazole rings is 1. The Hall–Kier alpha value is -3.19. The number of carbonyl (C=O) groups is 1. The van der Waals surface area contributed by atoms with Gasteiger partial charge in [0.05, 0.1) is 28.8 Å². The maximum Gasteiger partial charge on any atom is 0.224 e. The summed E-state index contributed by atoms with van der Waals surface area (Å²) in [5, 5.41) is 8.70. The summed E-state index contributed by atoms with van der Waals surface area (Å²) < 4.78 is 7.45. The van der Waals surface area contributed by atoms with Crippen LogP contribution in [0.1, 0.15) is 18.0 Å². The van der Waals surface area contributed by atoms with Gasteiger partial charge >= 0.3 is 0 Å². The molecular formula is C20H18ClN5O2. The number of aryl methyl sites for hydroxylation is 3. The van der Waals surface area contributed by atoms with Crippen LogP contribution in [0.15, 0.2) is 47.1 Å². The fourth-order valence-corrected chi connectivity index (χ4v) is 3.26. The molecule has 3 aromatic heterocycles. The minimum atomic E-state index is -0.139. The van der Waals surface area contributed by atoms with Crippen molar-refractivity contribution in [3.05, 3.63) is 59.3 Å². The van der Waals surface area contributed by atoms with Crippen LogP contribution in [0.25, 0.3) is 22.4 Å². The molecule has 0 saturated carbocycles. The number of nitrogens with zero attached hydrogens (tertiary/aromatic N) is 4. The Morgan fingerprint density at radius 2 is 2.07 bits per heavy atom. The number of benzene rings is 1. The number of pyridine rings is 1. The van der Waals surface area contributed by atoms with Gasteiger partial charge < -0.3 is 9.73 Å². The van der Waals surface area contributed by atoms with Crippen LogP contribution in [-0.4, -0.2) is 25.7 Å². The largest absolute Gasteiger partial charge is 0.441 e. The Kier molecular flexibility index (Phi) is 4.83. The summed E-state index contributed by atoms with van der Waals surface area (Å²) in [5.74, 6) is 0.935. The van der Waals surface area contributed by atoms with Gasteiger partial charge in [-0.1, -0.05) is 23.7 Å². The standard InChI is InChI=1S/C20H18ClN5O2/c1-12-15-9-13(10-23-20(15)26(2)25-12)24-18(27)7-8-19-22-11-17(28-19)14-5-3-4-6-16(14)21/h3-6,9-11H,7-8H2,1-2H3,(H,24,27). The van der Waals surface area contributed by atoms with Gasteiger partial charge in [0.25, 0.3) is 0 Å². The van der Waals surface area contributed by atoms with Crippen molar-refractivity contribution in [2.45, 2.75) is 19.8 Å². The molecule has 0 aliphatic heterocycles. The third kappa shape index (κ3) is 3.61. The van der Waals surface area contributed by atoms with E-state index in [1.807, 2.05) is 38.2 Å². The van der Waals surface area contributed by atoms with Crippen molar-refractivity contribution in [1.29, 1.82) is 0 Å². The zero-order valence-electron chi connectivity index (χ0n) is 15.4. The van der Waals surface area contributed by atoms with E-state index in [0.29, 0.717) is 28.8 Å². The van der Waals surface area contributed by atoms with Crippen LogP contribution < -0.4 is 5.32 Å². The zero-order chi connectivity index (χ0) is 19.7. The van der Waals surface area contributed by atoms with E-state index in [1.165, 1.54) is 0 Å². The number of anilines is 1. The maximum absolute atomic E-state index is 12.3. The Balaban J connectivity index is 1.40. The minimum Gasteiger partial charge on any atom is -0.441 e. The summed E-state index contributed by atoms with van der Waals surface area (Å²) in [6.07, 6.45) is 3.88. The molecule has 0 unspecified atom stereocenters. The van der Waals surface area contributed by atoms with Crippen molar-refractivity contribution < 1.29 is 9.21 Å². The summed E-state index contributed by atoms with van der Waals surface area (Å²) >= 11 is 6.18. The van der Waals surface area contributed by atoms with E-state index in [4.69, 9.17) is 16.0 Å². The van der Waals surface area contributed by atoms with Crippen molar-refractivity contribution in [3.8, 4) is 11.3 Å². The summed E-state index contributed by atoms with van der Waals surface area (Å²) in [5.41, 5.74) is 3.06. The van der Waals surface area contributed by atoms with Crippen LogP contribution in [0.2, 0.25) is 5.02 Å². The van der Waals surface area contributed by atoms with Crippen molar-refractivity contribution in [1.82, 2.24) is 19.7 Å². The summed E-state index contributed by atoms with van der Waals surface area (Å²) in [7, 11) is 1.84. The monoisotopic (exact) mass is 395 g/mol. The number of aromatic nitrogens is 4. The molecule has 0 aliphatic rings. The number of fused-ring (bicyclic) bond motifs is 1. The number of halogens is 1. The highest BCUT2D eigenvalue weighted by Crippen LogP contribution is 2.28. The molecular weight excluding hydrogens is 378 g/mol. The molecule has 0 radical (unpaired) electrons.